The van der Waals surface area contributed by atoms with Crippen molar-refractivity contribution in [3.05, 3.63) is 29.3 Å². The Morgan fingerprint density at radius 1 is 1.69 bits per heavy atom. The molecule has 4 heteroatoms. The van der Waals surface area contributed by atoms with E-state index in [-0.39, 0.29) is 0 Å². The van der Waals surface area contributed by atoms with E-state index in [4.69, 9.17) is 10.8 Å². The van der Waals surface area contributed by atoms with Crippen LogP contribution in [0.5, 0.6) is 0 Å². The second-order valence-corrected chi connectivity index (χ2v) is 5.70. The highest BCUT2D eigenvalue weighted by Crippen LogP contribution is 2.37. The molecule has 86 valence electrons. The van der Waals surface area contributed by atoms with E-state index in [1.165, 1.54) is 10.5 Å². The van der Waals surface area contributed by atoms with Crippen molar-refractivity contribution < 1.29 is 9.90 Å². The third-order valence-electron chi connectivity index (χ3n) is 2.74. The topological polar surface area (TPSA) is 63.3 Å². The third kappa shape index (κ3) is 2.39. The number of benzene rings is 1. The Labute approximate surface area is 99.0 Å². The van der Waals surface area contributed by atoms with Gasteiger partial charge in [0.1, 0.15) is 6.04 Å². The molecule has 2 unspecified atom stereocenters. The van der Waals surface area contributed by atoms with Crippen molar-refractivity contribution in [2.24, 2.45) is 5.73 Å². The van der Waals surface area contributed by atoms with Gasteiger partial charge in [0, 0.05) is 10.1 Å². The van der Waals surface area contributed by atoms with E-state index in [0.29, 0.717) is 11.7 Å². The van der Waals surface area contributed by atoms with E-state index in [1.54, 1.807) is 0 Å². The molecule has 3 nitrogen and oxygen atoms in total. The van der Waals surface area contributed by atoms with E-state index in [9.17, 15) is 4.79 Å². The van der Waals surface area contributed by atoms with Gasteiger partial charge in [0.2, 0.25) is 0 Å². The number of carboxylic acids is 1. The van der Waals surface area contributed by atoms with E-state index in [0.717, 1.165) is 12.0 Å². The molecule has 0 fully saturated rings. The number of carbonyl (C=O) groups is 1. The van der Waals surface area contributed by atoms with Crippen LogP contribution in [0.4, 0.5) is 0 Å². The zero-order chi connectivity index (χ0) is 11.7. The lowest BCUT2D eigenvalue weighted by molar-refractivity contribution is -0.138. The highest BCUT2D eigenvalue weighted by atomic mass is 32.2. The molecule has 0 amide bonds. The second kappa shape index (κ2) is 4.47. The molecule has 1 aromatic carbocycles. The summed E-state index contributed by atoms with van der Waals surface area (Å²) < 4.78 is 0. The molecular formula is C12H15NO2S. The first kappa shape index (κ1) is 11.5. The Kier molecular flexibility index (Phi) is 3.21. The van der Waals surface area contributed by atoms with Crippen LogP contribution in [0.25, 0.3) is 0 Å². The van der Waals surface area contributed by atoms with Gasteiger partial charge in [0.05, 0.1) is 0 Å². The lowest BCUT2D eigenvalue weighted by Gasteiger charge is -2.07. The fourth-order valence-electron chi connectivity index (χ4n) is 1.91. The van der Waals surface area contributed by atoms with Gasteiger partial charge in [-0.05, 0) is 30.0 Å². The summed E-state index contributed by atoms with van der Waals surface area (Å²) in [6.07, 6.45) is 1.50. The number of nitrogens with two attached hydrogens (primary N) is 1. The van der Waals surface area contributed by atoms with Gasteiger partial charge in [0.15, 0.2) is 0 Å². The maximum absolute atomic E-state index is 10.7. The fraction of sp³-hybridized carbons (Fsp3) is 0.417. The lowest BCUT2D eigenvalue weighted by atomic mass is 10.0. The molecule has 0 spiro atoms. The van der Waals surface area contributed by atoms with Crippen LogP contribution >= 0.6 is 11.8 Å². The molecule has 0 bridgehead atoms. The average molecular weight is 237 g/mol. The third-order valence-corrected chi connectivity index (χ3v) is 3.94. The fourth-order valence-corrected chi connectivity index (χ4v) is 3.13. The minimum absolute atomic E-state index is 0.400. The summed E-state index contributed by atoms with van der Waals surface area (Å²) in [5.74, 6) is -0.943. The van der Waals surface area contributed by atoms with Gasteiger partial charge >= 0.3 is 5.97 Å². The van der Waals surface area contributed by atoms with Gasteiger partial charge in [-0.3, -0.25) is 4.79 Å². The Hall–Kier alpha value is -1.00. The van der Waals surface area contributed by atoms with E-state index < -0.39 is 12.0 Å². The van der Waals surface area contributed by atoms with E-state index >= 15 is 0 Å². The molecule has 3 N–H and O–H groups in total. The first-order chi connectivity index (χ1) is 7.56. The molecule has 1 heterocycles. The van der Waals surface area contributed by atoms with Gasteiger partial charge in [-0.25, -0.2) is 0 Å². The molecule has 0 saturated carbocycles. The first-order valence-electron chi connectivity index (χ1n) is 5.33. The maximum Gasteiger partial charge on any atom is 0.320 e. The quantitative estimate of drug-likeness (QED) is 0.839. The van der Waals surface area contributed by atoms with E-state index in [1.807, 2.05) is 17.8 Å². The van der Waals surface area contributed by atoms with Crippen LogP contribution in [-0.4, -0.2) is 22.4 Å². The van der Waals surface area contributed by atoms with Crippen LogP contribution in [0.15, 0.2) is 23.1 Å². The predicted molar refractivity (Wildman–Crippen MR) is 64.8 cm³/mol. The van der Waals surface area contributed by atoms with Gasteiger partial charge in [0.25, 0.3) is 0 Å². The van der Waals surface area contributed by atoms with Crippen molar-refractivity contribution >= 4 is 17.7 Å². The molecule has 0 aliphatic carbocycles. The monoisotopic (exact) mass is 237 g/mol. The minimum Gasteiger partial charge on any atom is -0.480 e. The van der Waals surface area contributed by atoms with Crippen LogP contribution in [0, 0.1) is 0 Å². The predicted octanol–water partition coefficient (Wildman–Crippen LogP) is 1.68. The van der Waals surface area contributed by atoms with Gasteiger partial charge < -0.3 is 10.8 Å². The number of aliphatic carboxylic acids is 1. The molecule has 0 radical (unpaired) electrons. The zero-order valence-corrected chi connectivity index (χ0v) is 9.96. The minimum atomic E-state index is -0.943. The number of thioether (sulfide) groups is 1. The maximum atomic E-state index is 10.7. The molecule has 1 aliphatic heterocycles. The standard InChI is InChI=1S/C12H15NO2S/c1-7-4-9-3-2-8(6-11(9)16-7)5-10(13)12(14)15/h2-3,6-7,10H,4-5,13H2,1H3,(H,14,15). The summed E-state index contributed by atoms with van der Waals surface area (Å²) in [6, 6.07) is 5.35. The van der Waals surface area contributed by atoms with E-state index in [2.05, 4.69) is 19.1 Å². The Bertz CT molecular complexity index is 419. The molecule has 0 aromatic heterocycles. The Morgan fingerprint density at radius 2 is 2.44 bits per heavy atom. The summed E-state index contributed by atoms with van der Waals surface area (Å²) >= 11 is 1.85. The first-order valence-corrected chi connectivity index (χ1v) is 6.21. The van der Waals surface area contributed by atoms with Crippen LogP contribution in [0.2, 0.25) is 0 Å². The number of hydrogen-bond donors (Lipinski definition) is 2. The lowest BCUT2D eigenvalue weighted by Crippen LogP contribution is -2.32. The SMILES string of the molecule is CC1Cc2ccc(CC(N)C(=O)O)cc2S1. The normalized spacial score (nSPS) is 20.5. The Balaban J connectivity index is 2.13. The summed E-state index contributed by atoms with van der Waals surface area (Å²) in [4.78, 5) is 11.9. The molecule has 1 aliphatic rings. The van der Waals surface area contributed by atoms with Crippen molar-refractivity contribution in [2.75, 3.05) is 0 Å². The number of hydrogen-bond acceptors (Lipinski definition) is 3. The van der Waals surface area contributed by atoms with Crippen molar-refractivity contribution in [3.63, 3.8) is 0 Å². The van der Waals surface area contributed by atoms with Crippen LogP contribution in [-0.2, 0) is 17.6 Å². The van der Waals surface area contributed by atoms with Crippen LogP contribution in [0.1, 0.15) is 18.1 Å². The van der Waals surface area contributed by atoms with Crippen LogP contribution < -0.4 is 5.73 Å². The van der Waals surface area contributed by atoms with Gasteiger partial charge in [-0.15, -0.1) is 11.8 Å². The largest absolute Gasteiger partial charge is 0.480 e. The summed E-state index contributed by atoms with van der Waals surface area (Å²) in [5, 5.41) is 9.37. The van der Waals surface area contributed by atoms with Crippen LogP contribution in [0.3, 0.4) is 0 Å². The van der Waals surface area contributed by atoms with Crippen molar-refractivity contribution in [2.45, 2.75) is 36.0 Å². The highest BCUT2D eigenvalue weighted by Gasteiger charge is 2.19. The zero-order valence-electron chi connectivity index (χ0n) is 9.14. The number of carboxylic acid groups (broad SMARTS) is 1. The average Bonchev–Trinajstić information content (AvgIpc) is 2.57. The highest BCUT2D eigenvalue weighted by molar-refractivity contribution is 8.00. The van der Waals surface area contributed by atoms with Gasteiger partial charge in [-0.1, -0.05) is 19.1 Å². The number of rotatable bonds is 3. The Morgan fingerprint density at radius 3 is 3.12 bits per heavy atom. The molecule has 2 rings (SSSR count). The van der Waals surface area contributed by atoms with Crippen molar-refractivity contribution in [3.8, 4) is 0 Å². The smallest absolute Gasteiger partial charge is 0.320 e. The second-order valence-electron chi connectivity index (χ2n) is 4.22. The number of fused-ring (bicyclic) bond motifs is 1. The summed E-state index contributed by atoms with van der Waals surface area (Å²) in [7, 11) is 0. The molecule has 0 saturated heterocycles. The summed E-state index contributed by atoms with van der Waals surface area (Å²) in [5.41, 5.74) is 7.89. The molecule has 16 heavy (non-hydrogen) atoms. The van der Waals surface area contributed by atoms with Crippen molar-refractivity contribution in [1.82, 2.24) is 0 Å². The van der Waals surface area contributed by atoms with Crippen molar-refractivity contribution in [1.29, 1.82) is 0 Å². The van der Waals surface area contributed by atoms with Gasteiger partial charge in [-0.2, -0.15) is 0 Å². The molecular weight excluding hydrogens is 222 g/mol. The molecule has 2 atom stereocenters. The summed E-state index contributed by atoms with van der Waals surface area (Å²) in [6.45, 7) is 2.20. The molecule has 1 aromatic rings.